The number of para-hydroxylation sites is 1. The number of fused-ring (bicyclic) bond motifs is 1. The molecule has 1 aromatic heterocycles. The van der Waals surface area contributed by atoms with Crippen LogP contribution in [0.2, 0.25) is 0 Å². The number of anilines is 1. The van der Waals surface area contributed by atoms with E-state index >= 15 is 0 Å². The lowest BCUT2D eigenvalue weighted by Gasteiger charge is -2.31. The molecular weight excluding hydrogens is 464 g/mol. The van der Waals surface area contributed by atoms with Gasteiger partial charge in [-0.1, -0.05) is 31.0 Å². The van der Waals surface area contributed by atoms with Gasteiger partial charge in [0.1, 0.15) is 5.69 Å². The summed E-state index contributed by atoms with van der Waals surface area (Å²) in [6, 6.07) is 15.3. The maximum absolute atomic E-state index is 13.1. The molecular formula is C26H30N4O4S. The monoisotopic (exact) mass is 494 g/mol. The lowest BCUT2D eigenvalue weighted by Crippen LogP contribution is -2.39. The summed E-state index contributed by atoms with van der Waals surface area (Å²) in [6.07, 6.45) is 5.66. The lowest BCUT2D eigenvalue weighted by molar-refractivity contribution is 0.0690. The van der Waals surface area contributed by atoms with Gasteiger partial charge in [0.05, 0.1) is 16.3 Å². The number of amides is 1. The van der Waals surface area contributed by atoms with Crippen molar-refractivity contribution < 1.29 is 13.2 Å². The fraction of sp³-hybridized carbons (Fsp3) is 0.385. The van der Waals surface area contributed by atoms with Crippen LogP contribution in [0.25, 0.3) is 5.69 Å². The molecule has 184 valence electrons. The molecule has 5 rings (SSSR count). The summed E-state index contributed by atoms with van der Waals surface area (Å²) >= 11 is 0. The van der Waals surface area contributed by atoms with E-state index in [2.05, 4.69) is 4.72 Å². The number of carbonyl (C=O) groups is 1. The highest BCUT2D eigenvalue weighted by molar-refractivity contribution is 7.92. The summed E-state index contributed by atoms with van der Waals surface area (Å²) in [5, 5.41) is 0. The average Bonchev–Trinajstić information content (AvgIpc) is 3.39. The van der Waals surface area contributed by atoms with Crippen molar-refractivity contribution in [2.24, 2.45) is 13.0 Å². The van der Waals surface area contributed by atoms with Gasteiger partial charge in [0, 0.05) is 25.2 Å². The molecule has 3 aromatic rings. The first-order chi connectivity index (χ1) is 16.8. The number of sulfonamides is 1. The summed E-state index contributed by atoms with van der Waals surface area (Å²) in [5.74, 6) is 0.548. The Morgan fingerprint density at radius 2 is 1.66 bits per heavy atom. The molecule has 9 heteroatoms. The van der Waals surface area contributed by atoms with E-state index in [0.29, 0.717) is 28.9 Å². The fourth-order valence-corrected chi connectivity index (χ4v) is 6.60. The van der Waals surface area contributed by atoms with E-state index in [1.807, 2.05) is 23.1 Å². The van der Waals surface area contributed by atoms with Gasteiger partial charge in [-0.05, 0) is 68.5 Å². The Morgan fingerprint density at radius 3 is 2.37 bits per heavy atom. The second-order valence-corrected chi connectivity index (χ2v) is 11.1. The molecule has 2 fully saturated rings. The number of rotatable bonds is 5. The standard InChI is InChI=1S/C26H30N4O4S/c1-18-24(26(32)30(28(18)2)21-9-4-3-5-10-21)27-35(33,34)22-14-12-20(13-15-22)25(31)29-17-16-19-8-6-7-11-23(19)29/h3-5,9-10,12-15,19,23,27H,6-8,11,16-17H2,1-2H3. The van der Waals surface area contributed by atoms with Crippen molar-refractivity contribution in [3.05, 3.63) is 76.2 Å². The second kappa shape index (κ2) is 9.03. The summed E-state index contributed by atoms with van der Waals surface area (Å²) in [5.41, 5.74) is 1.15. The predicted octanol–water partition coefficient (Wildman–Crippen LogP) is 3.69. The number of benzene rings is 2. The highest BCUT2D eigenvalue weighted by Gasteiger charge is 2.38. The lowest BCUT2D eigenvalue weighted by atomic mass is 9.85. The van der Waals surface area contributed by atoms with Gasteiger partial charge >= 0.3 is 0 Å². The number of nitrogens with one attached hydrogen (secondary N) is 1. The maximum atomic E-state index is 13.1. The molecule has 2 atom stereocenters. The molecule has 2 aromatic carbocycles. The molecule has 35 heavy (non-hydrogen) atoms. The molecule has 0 spiro atoms. The van der Waals surface area contributed by atoms with Crippen LogP contribution >= 0.6 is 0 Å². The Bertz CT molecular complexity index is 1410. The minimum atomic E-state index is -4.03. The van der Waals surface area contributed by atoms with Crippen LogP contribution in [0.5, 0.6) is 0 Å². The first kappa shape index (κ1) is 23.4. The predicted molar refractivity (Wildman–Crippen MR) is 134 cm³/mol. The van der Waals surface area contributed by atoms with E-state index in [9.17, 15) is 18.0 Å². The number of aromatic nitrogens is 2. The van der Waals surface area contributed by atoms with Gasteiger partial charge in [0.15, 0.2) is 0 Å². The van der Waals surface area contributed by atoms with Crippen LogP contribution in [0.15, 0.2) is 64.3 Å². The van der Waals surface area contributed by atoms with Crippen LogP contribution in [0.3, 0.4) is 0 Å². The van der Waals surface area contributed by atoms with Crippen molar-refractivity contribution in [3.8, 4) is 5.69 Å². The molecule has 1 aliphatic heterocycles. The quantitative estimate of drug-likeness (QED) is 0.585. The molecule has 1 N–H and O–H groups in total. The van der Waals surface area contributed by atoms with E-state index < -0.39 is 15.6 Å². The second-order valence-electron chi connectivity index (χ2n) is 9.47. The zero-order chi connectivity index (χ0) is 24.7. The number of hydrogen-bond donors (Lipinski definition) is 1. The molecule has 2 unspecified atom stereocenters. The average molecular weight is 495 g/mol. The number of carbonyl (C=O) groups excluding carboxylic acids is 1. The highest BCUT2D eigenvalue weighted by Crippen LogP contribution is 2.37. The van der Waals surface area contributed by atoms with Crippen molar-refractivity contribution in [1.82, 2.24) is 14.3 Å². The molecule has 1 saturated heterocycles. The highest BCUT2D eigenvalue weighted by atomic mass is 32.2. The third-order valence-corrected chi connectivity index (χ3v) is 8.84. The van der Waals surface area contributed by atoms with Crippen molar-refractivity contribution in [3.63, 3.8) is 0 Å². The summed E-state index contributed by atoms with van der Waals surface area (Å²) in [7, 11) is -2.32. The van der Waals surface area contributed by atoms with Crippen LogP contribution in [-0.2, 0) is 17.1 Å². The van der Waals surface area contributed by atoms with Crippen LogP contribution in [0, 0.1) is 12.8 Å². The van der Waals surface area contributed by atoms with Crippen molar-refractivity contribution >= 4 is 21.6 Å². The van der Waals surface area contributed by atoms with Gasteiger partial charge in [0.2, 0.25) is 0 Å². The van der Waals surface area contributed by atoms with E-state index in [0.717, 1.165) is 25.8 Å². The van der Waals surface area contributed by atoms with Gasteiger partial charge in [-0.25, -0.2) is 13.1 Å². The van der Waals surface area contributed by atoms with Gasteiger partial charge in [-0.2, -0.15) is 0 Å². The van der Waals surface area contributed by atoms with Crippen LogP contribution < -0.4 is 10.3 Å². The van der Waals surface area contributed by atoms with E-state index in [4.69, 9.17) is 0 Å². The summed E-state index contributed by atoms with van der Waals surface area (Å²) in [6.45, 7) is 2.45. The number of nitrogens with zero attached hydrogens (tertiary/aromatic N) is 3. The molecule has 8 nitrogen and oxygen atoms in total. The molecule has 0 radical (unpaired) electrons. The van der Waals surface area contributed by atoms with E-state index in [1.165, 1.54) is 29.7 Å². The molecule has 0 bridgehead atoms. The summed E-state index contributed by atoms with van der Waals surface area (Å²) < 4.78 is 31.8. The minimum Gasteiger partial charge on any atom is -0.335 e. The largest absolute Gasteiger partial charge is 0.335 e. The van der Waals surface area contributed by atoms with Gasteiger partial charge in [0.25, 0.3) is 21.5 Å². The van der Waals surface area contributed by atoms with Gasteiger partial charge in [-0.3, -0.25) is 19.0 Å². The Balaban J connectivity index is 1.38. The zero-order valence-corrected chi connectivity index (χ0v) is 20.8. The minimum absolute atomic E-state index is 0.0000657. The third kappa shape index (κ3) is 4.18. The number of hydrogen-bond acceptors (Lipinski definition) is 4. The Labute approximate surface area is 205 Å². The normalized spacial score (nSPS) is 20.0. The van der Waals surface area contributed by atoms with Crippen LogP contribution in [-0.4, -0.2) is 41.2 Å². The molecule has 2 aliphatic rings. The maximum Gasteiger partial charge on any atom is 0.296 e. The Morgan fingerprint density at radius 1 is 0.971 bits per heavy atom. The number of likely N-dealkylation sites (tertiary alicyclic amines) is 1. The van der Waals surface area contributed by atoms with Gasteiger partial charge < -0.3 is 4.90 Å². The first-order valence-electron chi connectivity index (χ1n) is 12.1. The topological polar surface area (TPSA) is 93.4 Å². The SMILES string of the molecule is Cc1c(NS(=O)(=O)c2ccc(C(=O)N3CCC4CCCCC43)cc2)c(=O)n(-c2ccccc2)n1C. The van der Waals surface area contributed by atoms with E-state index in [-0.39, 0.29) is 16.5 Å². The van der Waals surface area contributed by atoms with Crippen LogP contribution in [0.1, 0.15) is 48.2 Å². The Kier molecular flexibility index (Phi) is 6.04. The zero-order valence-electron chi connectivity index (χ0n) is 20.0. The molecule has 1 aliphatic carbocycles. The fourth-order valence-electron chi connectivity index (χ4n) is 5.48. The molecule has 2 heterocycles. The Hall–Kier alpha value is -3.33. The first-order valence-corrected chi connectivity index (χ1v) is 13.5. The van der Waals surface area contributed by atoms with Crippen LogP contribution in [0.4, 0.5) is 5.69 Å². The summed E-state index contributed by atoms with van der Waals surface area (Å²) in [4.78, 5) is 28.2. The van der Waals surface area contributed by atoms with Gasteiger partial charge in [-0.15, -0.1) is 0 Å². The van der Waals surface area contributed by atoms with Crippen molar-refractivity contribution in [2.45, 2.75) is 50.0 Å². The van der Waals surface area contributed by atoms with Crippen molar-refractivity contribution in [2.75, 3.05) is 11.3 Å². The molecule has 1 amide bonds. The van der Waals surface area contributed by atoms with E-state index in [1.54, 1.807) is 42.9 Å². The third-order valence-electron chi connectivity index (χ3n) is 7.47. The van der Waals surface area contributed by atoms with Crippen molar-refractivity contribution in [1.29, 1.82) is 0 Å². The molecule has 1 saturated carbocycles. The smallest absolute Gasteiger partial charge is 0.296 e.